The lowest BCUT2D eigenvalue weighted by molar-refractivity contribution is -0.151. The van der Waals surface area contributed by atoms with E-state index in [0.29, 0.717) is 39.3 Å². The van der Waals surface area contributed by atoms with Crippen LogP contribution in [0.4, 0.5) is 0 Å². The number of aliphatic hydroxyl groups excluding tert-OH is 2. The van der Waals surface area contributed by atoms with Crippen LogP contribution in [0.1, 0.15) is 369 Å². The summed E-state index contributed by atoms with van der Waals surface area (Å²) in [6.45, 7) is 16.2. The molecule has 0 spiro atoms. The van der Waals surface area contributed by atoms with Gasteiger partial charge in [-0.15, -0.1) is 0 Å². The van der Waals surface area contributed by atoms with Gasteiger partial charge in [-0.3, -0.25) is 24.0 Å². The Balaban J connectivity index is -0.00000158. The standard InChI is InChI=1S/C43H83NO6.C25H51NO4.C9H18O2/c1-7-11-23-30-38(9-3)42(46)48-36-27-21-17-13-15-19-25-32-40(50-41(45)34-29-35-44(5)6)33-26-20-16-14-18-22-28-37-49-43(47)39(10-4)31-24-12-8-2;1-26(2)21-17-20-25(29)30-24(18-13-9-5-3-7-11-15-22-27)19-14-10-6-4-8-12-16-23-28;1-3-5-6-7-8(4-2)9(10)11/h38-40H,7-37H2,1-6H3;24,27-28H,3-23H2,1-2H3;8H,3-7H2,1-2H3,(H,10,11). The molecule has 542 valence electrons. The lowest BCUT2D eigenvalue weighted by Crippen LogP contribution is -2.20. The van der Waals surface area contributed by atoms with Gasteiger partial charge in [0.1, 0.15) is 12.2 Å². The third-order valence-corrected chi connectivity index (χ3v) is 17.7. The highest BCUT2D eigenvalue weighted by molar-refractivity contribution is 5.73. The third kappa shape index (κ3) is 68.4. The second-order valence-electron chi connectivity index (χ2n) is 27.0. The highest BCUT2D eigenvalue weighted by Crippen LogP contribution is 2.22. The smallest absolute Gasteiger partial charge is 0.308 e. The average Bonchev–Trinajstić information content (AvgIpc) is 3.67. The molecular formula is C77H152N2O12. The zero-order valence-corrected chi connectivity index (χ0v) is 61.6. The molecule has 14 nitrogen and oxygen atoms in total. The summed E-state index contributed by atoms with van der Waals surface area (Å²) in [5.74, 6) is -0.679. The van der Waals surface area contributed by atoms with Crippen LogP contribution in [-0.4, -0.2) is 135 Å². The first-order valence-electron chi connectivity index (χ1n) is 38.6. The number of carboxylic acids is 1. The van der Waals surface area contributed by atoms with Crippen LogP contribution in [0.2, 0.25) is 0 Å². The minimum Gasteiger partial charge on any atom is -0.481 e. The van der Waals surface area contributed by atoms with Gasteiger partial charge < -0.3 is 44.1 Å². The molecule has 0 heterocycles. The second-order valence-corrected chi connectivity index (χ2v) is 27.0. The molecule has 3 atom stereocenters. The fraction of sp³-hybridized carbons (Fsp3) is 0.935. The fourth-order valence-corrected chi connectivity index (χ4v) is 11.5. The molecule has 0 saturated heterocycles. The van der Waals surface area contributed by atoms with E-state index >= 15 is 0 Å². The molecule has 0 aliphatic rings. The van der Waals surface area contributed by atoms with E-state index in [1.807, 2.05) is 35.1 Å². The normalized spacial score (nSPS) is 12.6. The Labute approximate surface area is 562 Å². The predicted octanol–water partition coefficient (Wildman–Crippen LogP) is 19.9. The minimum absolute atomic E-state index is 0.00108. The maximum absolute atomic E-state index is 12.6. The van der Waals surface area contributed by atoms with Gasteiger partial charge in [0.2, 0.25) is 0 Å². The van der Waals surface area contributed by atoms with Crippen LogP contribution in [0.5, 0.6) is 0 Å². The molecule has 91 heavy (non-hydrogen) atoms. The second kappa shape index (κ2) is 73.0. The summed E-state index contributed by atoms with van der Waals surface area (Å²) in [5.41, 5.74) is 0. The number of nitrogens with zero attached hydrogens (tertiary/aromatic N) is 2. The van der Waals surface area contributed by atoms with Crippen molar-refractivity contribution in [1.82, 2.24) is 9.80 Å². The van der Waals surface area contributed by atoms with Gasteiger partial charge in [0.25, 0.3) is 0 Å². The number of carbonyl (C=O) groups is 5. The predicted molar refractivity (Wildman–Crippen MR) is 381 cm³/mol. The Morgan fingerprint density at radius 1 is 0.319 bits per heavy atom. The summed E-state index contributed by atoms with van der Waals surface area (Å²) in [7, 11) is 8.13. The molecule has 0 saturated carbocycles. The van der Waals surface area contributed by atoms with Crippen LogP contribution in [0.3, 0.4) is 0 Å². The van der Waals surface area contributed by atoms with Crippen molar-refractivity contribution in [1.29, 1.82) is 0 Å². The maximum atomic E-state index is 12.6. The molecule has 0 aliphatic carbocycles. The first kappa shape index (κ1) is 92.4. The van der Waals surface area contributed by atoms with E-state index in [9.17, 15) is 24.0 Å². The number of carboxylic acid groups (broad SMARTS) is 1. The molecule has 0 aromatic rings. The van der Waals surface area contributed by atoms with Crippen molar-refractivity contribution in [2.24, 2.45) is 17.8 Å². The molecule has 0 aliphatic heterocycles. The number of carbonyl (C=O) groups excluding carboxylic acids is 4. The number of ether oxygens (including phenoxy) is 4. The van der Waals surface area contributed by atoms with Crippen LogP contribution in [-0.2, 0) is 42.9 Å². The average molecular weight is 1300 g/mol. The lowest BCUT2D eigenvalue weighted by Gasteiger charge is -2.18. The third-order valence-electron chi connectivity index (χ3n) is 17.7. The summed E-state index contributed by atoms with van der Waals surface area (Å²) >= 11 is 0. The summed E-state index contributed by atoms with van der Waals surface area (Å²) < 4.78 is 23.0. The van der Waals surface area contributed by atoms with Crippen LogP contribution >= 0.6 is 0 Å². The molecule has 0 bridgehead atoms. The van der Waals surface area contributed by atoms with Crippen molar-refractivity contribution in [2.45, 2.75) is 381 Å². The van der Waals surface area contributed by atoms with Gasteiger partial charge in [0, 0.05) is 26.1 Å². The minimum atomic E-state index is -0.636. The van der Waals surface area contributed by atoms with E-state index < -0.39 is 5.97 Å². The SMILES string of the molecule is CCCCCC(CC)C(=O)O.CCCCCC(CC)C(=O)OCCCCCCCCCC(CCCCCCCCCOC(=O)C(CC)CCCCC)OC(=O)CCCN(C)C.CN(C)CCCC(=O)OC(CCCCCCCCCO)CCCCCCCCCO. The molecule has 0 aromatic heterocycles. The van der Waals surface area contributed by atoms with E-state index in [-0.39, 0.29) is 53.8 Å². The van der Waals surface area contributed by atoms with Gasteiger partial charge in [-0.05, 0) is 170 Å². The number of aliphatic carboxylic acids is 1. The molecule has 14 heteroatoms. The summed E-state index contributed by atoms with van der Waals surface area (Å²) in [6.07, 6.45) is 54.4. The fourth-order valence-electron chi connectivity index (χ4n) is 11.5. The first-order chi connectivity index (χ1) is 44.1. The monoisotopic (exact) mass is 1300 g/mol. The zero-order valence-electron chi connectivity index (χ0n) is 61.6. The van der Waals surface area contributed by atoms with Gasteiger partial charge in [0.15, 0.2) is 0 Å². The van der Waals surface area contributed by atoms with E-state index in [0.717, 1.165) is 199 Å². The van der Waals surface area contributed by atoms with E-state index in [2.05, 4.69) is 44.4 Å². The Hall–Kier alpha value is -2.81. The van der Waals surface area contributed by atoms with Crippen molar-refractivity contribution in [3.8, 4) is 0 Å². The van der Waals surface area contributed by atoms with Crippen molar-refractivity contribution in [3.05, 3.63) is 0 Å². The van der Waals surface area contributed by atoms with Crippen LogP contribution < -0.4 is 0 Å². The van der Waals surface area contributed by atoms with Crippen LogP contribution in [0.25, 0.3) is 0 Å². The zero-order chi connectivity index (χ0) is 68.1. The molecule has 0 amide bonds. The van der Waals surface area contributed by atoms with Crippen molar-refractivity contribution < 1.29 is 58.2 Å². The largest absolute Gasteiger partial charge is 0.481 e. The highest BCUT2D eigenvalue weighted by atomic mass is 16.6. The quantitative estimate of drug-likeness (QED) is 0.0296. The summed E-state index contributed by atoms with van der Waals surface area (Å²) in [5, 5.41) is 26.3. The number of rotatable bonds is 66. The van der Waals surface area contributed by atoms with E-state index in [4.69, 9.17) is 34.3 Å². The molecule has 0 fully saturated rings. The van der Waals surface area contributed by atoms with Gasteiger partial charge in [-0.25, -0.2) is 0 Å². The van der Waals surface area contributed by atoms with Crippen LogP contribution in [0.15, 0.2) is 0 Å². The van der Waals surface area contributed by atoms with Crippen molar-refractivity contribution in [3.63, 3.8) is 0 Å². The van der Waals surface area contributed by atoms with E-state index in [1.165, 1.54) is 128 Å². The number of hydrogen-bond acceptors (Lipinski definition) is 13. The number of esters is 4. The van der Waals surface area contributed by atoms with Gasteiger partial charge >= 0.3 is 29.8 Å². The Morgan fingerprint density at radius 3 is 0.824 bits per heavy atom. The Kier molecular flexibility index (Phi) is 74.1. The lowest BCUT2D eigenvalue weighted by atomic mass is 9.99. The molecule has 3 unspecified atom stereocenters. The molecule has 0 radical (unpaired) electrons. The van der Waals surface area contributed by atoms with E-state index in [1.54, 1.807) is 0 Å². The highest BCUT2D eigenvalue weighted by Gasteiger charge is 2.20. The molecule has 3 N–H and O–H groups in total. The Bertz CT molecular complexity index is 1500. The van der Waals surface area contributed by atoms with Gasteiger partial charge in [-0.1, -0.05) is 228 Å². The topological polar surface area (TPSA) is 189 Å². The first-order valence-corrected chi connectivity index (χ1v) is 38.6. The molecule has 0 rings (SSSR count). The molecular weight excluding hydrogens is 1140 g/mol. The Morgan fingerprint density at radius 2 is 0.571 bits per heavy atom. The molecule has 0 aromatic carbocycles. The van der Waals surface area contributed by atoms with Gasteiger partial charge in [0.05, 0.1) is 31.0 Å². The maximum Gasteiger partial charge on any atom is 0.308 e. The van der Waals surface area contributed by atoms with Crippen molar-refractivity contribution >= 4 is 29.8 Å². The van der Waals surface area contributed by atoms with Crippen molar-refractivity contribution in [2.75, 3.05) is 67.7 Å². The van der Waals surface area contributed by atoms with Gasteiger partial charge in [-0.2, -0.15) is 0 Å². The summed E-state index contributed by atoms with van der Waals surface area (Å²) in [4.78, 5) is 64.2. The number of aliphatic hydroxyl groups is 2. The number of unbranched alkanes of at least 4 members (excludes halogenated alkanes) is 30. The van der Waals surface area contributed by atoms with Crippen LogP contribution in [0, 0.1) is 17.8 Å². The number of hydrogen-bond donors (Lipinski definition) is 3. The summed E-state index contributed by atoms with van der Waals surface area (Å²) in [6, 6.07) is 0.